The molecule has 0 aliphatic carbocycles. The third kappa shape index (κ3) is 2.89. The maximum Gasteiger partial charge on any atom is 0.124 e. The molecule has 0 fully saturated rings. The maximum atomic E-state index is 12.8. The van der Waals surface area contributed by atoms with Gasteiger partial charge in [-0.05, 0) is 24.6 Å². The molecular weight excluding hydrogens is 165 g/mol. The minimum absolute atomic E-state index is 0.248. The van der Waals surface area contributed by atoms with Crippen molar-refractivity contribution in [2.24, 2.45) is 5.73 Å². The summed E-state index contributed by atoms with van der Waals surface area (Å²) in [4.78, 5) is 0. The fourth-order valence-corrected chi connectivity index (χ4v) is 0.959. The zero-order chi connectivity index (χ0) is 9.68. The number of nitrogens with two attached hydrogens (primary N) is 1. The molecular formula is C11H12FN. The van der Waals surface area contributed by atoms with E-state index in [0.29, 0.717) is 13.0 Å². The highest BCUT2D eigenvalue weighted by Gasteiger charge is 1.95. The highest BCUT2D eigenvalue weighted by atomic mass is 19.1. The molecule has 1 aromatic carbocycles. The van der Waals surface area contributed by atoms with E-state index < -0.39 is 0 Å². The van der Waals surface area contributed by atoms with Gasteiger partial charge in [-0.2, -0.15) is 0 Å². The minimum Gasteiger partial charge on any atom is -0.330 e. The van der Waals surface area contributed by atoms with Crippen LogP contribution in [-0.4, -0.2) is 6.54 Å². The maximum absolute atomic E-state index is 12.8. The van der Waals surface area contributed by atoms with Gasteiger partial charge < -0.3 is 5.73 Å². The summed E-state index contributed by atoms with van der Waals surface area (Å²) in [6.07, 6.45) is 0.649. The molecule has 0 aromatic heterocycles. The van der Waals surface area contributed by atoms with E-state index in [1.807, 2.05) is 6.92 Å². The first-order valence-corrected chi connectivity index (χ1v) is 4.19. The van der Waals surface area contributed by atoms with Gasteiger partial charge in [-0.1, -0.05) is 17.9 Å². The minimum atomic E-state index is -0.248. The summed E-state index contributed by atoms with van der Waals surface area (Å²) >= 11 is 0. The highest BCUT2D eigenvalue weighted by molar-refractivity contribution is 5.40. The van der Waals surface area contributed by atoms with Crippen LogP contribution in [0.15, 0.2) is 18.2 Å². The molecule has 1 rings (SSSR count). The van der Waals surface area contributed by atoms with Crippen molar-refractivity contribution in [3.8, 4) is 11.8 Å². The van der Waals surface area contributed by atoms with Gasteiger partial charge >= 0.3 is 0 Å². The number of hydrogen-bond acceptors (Lipinski definition) is 1. The zero-order valence-electron chi connectivity index (χ0n) is 7.60. The van der Waals surface area contributed by atoms with Crippen LogP contribution in [0.1, 0.15) is 17.5 Å². The third-order valence-corrected chi connectivity index (χ3v) is 1.69. The van der Waals surface area contributed by atoms with E-state index >= 15 is 0 Å². The Kier molecular flexibility index (Phi) is 3.48. The van der Waals surface area contributed by atoms with Gasteiger partial charge in [-0.15, -0.1) is 0 Å². The second-order valence-corrected chi connectivity index (χ2v) is 2.80. The van der Waals surface area contributed by atoms with Crippen LogP contribution in [0.2, 0.25) is 0 Å². The molecule has 1 nitrogen and oxygen atoms in total. The lowest BCUT2D eigenvalue weighted by molar-refractivity contribution is 0.627. The Morgan fingerprint density at radius 1 is 1.46 bits per heavy atom. The van der Waals surface area contributed by atoms with Crippen molar-refractivity contribution >= 4 is 0 Å². The molecule has 0 bridgehead atoms. The molecule has 0 radical (unpaired) electrons. The van der Waals surface area contributed by atoms with Crippen molar-refractivity contribution in [3.05, 3.63) is 35.1 Å². The van der Waals surface area contributed by atoms with Gasteiger partial charge in [-0.3, -0.25) is 0 Å². The van der Waals surface area contributed by atoms with Crippen molar-refractivity contribution in [3.63, 3.8) is 0 Å². The molecule has 0 unspecified atom stereocenters. The molecule has 0 atom stereocenters. The molecule has 0 aliphatic heterocycles. The molecule has 0 saturated heterocycles. The van der Waals surface area contributed by atoms with E-state index in [2.05, 4.69) is 11.8 Å². The quantitative estimate of drug-likeness (QED) is 0.651. The Balaban J connectivity index is 2.89. The largest absolute Gasteiger partial charge is 0.330 e. The summed E-state index contributed by atoms with van der Waals surface area (Å²) in [5.74, 6) is 5.51. The zero-order valence-corrected chi connectivity index (χ0v) is 7.60. The second-order valence-electron chi connectivity index (χ2n) is 2.80. The number of rotatable bonds is 1. The summed E-state index contributed by atoms with van der Waals surface area (Å²) in [5, 5.41) is 0. The number of aryl methyl sites for hydroxylation is 1. The van der Waals surface area contributed by atoms with Gasteiger partial charge in [0, 0.05) is 18.5 Å². The number of hydrogen-bond donors (Lipinski definition) is 1. The smallest absolute Gasteiger partial charge is 0.124 e. The molecule has 13 heavy (non-hydrogen) atoms. The topological polar surface area (TPSA) is 26.0 Å². The van der Waals surface area contributed by atoms with Gasteiger partial charge in [-0.25, -0.2) is 4.39 Å². The van der Waals surface area contributed by atoms with E-state index in [1.165, 1.54) is 12.1 Å². The van der Waals surface area contributed by atoms with Crippen molar-refractivity contribution in [1.29, 1.82) is 0 Å². The summed E-state index contributed by atoms with van der Waals surface area (Å²) in [7, 11) is 0. The van der Waals surface area contributed by atoms with Crippen molar-refractivity contribution in [2.45, 2.75) is 13.3 Å². The monoisotopic (exact) mass is 177 g/mol. The standard InChI is InChI=1S/C11H12FN/c1-9-5-6-11(12)8-10(9)4-2-3-7-13/h5-6,8H,3,7,13H2,1H3. The molecule has 68 valence electrons. The summed E-state index contributed by atoms with van der Waals surface area (Å²) < 4.78 is 12.8. The SMILES string of the molecule is Cc1ccc(F)cc1C#CCCN. The van der Waals surface area contributed by atoms with Crippen molar-refractivity contribution in [2.75, 3.05) is 6.54 Å². The van der Waals surface area contributed by atoms with E-state index in [4.69, 9.17) is 5.73 Å². The normalized spacial score (nSPS) is 9.15. The third-order valence-electron chi connectivity index (χ3n) is 1.69. The van der Waals surface area contributed by atoms with E-state index in [1.54, 1.807) is 6.07 Å². The first-order valence-electron chi connectivity index (χ1n) is 4.19. The highest BCUT2D eigenvalue weighted by Crippen LogP contribution is 2.08. The van der Waals surface area contributed by atoms with Crippen LogP contribution in [0.3, 0.4) is 0 Å². The fourth-order valence-electron chi connectivity index (χ4n) is 0.959. The van der Waals surface area contributed by atoms with Crippen molar-refractivity contribution in [1.82, 2.24) is 0 Å². The Morgan fingerprint density at radius 2 is 2.23 bits per heavy atom. The second kappa shape index (κ2) is 4.64. The Bertz CT molecular complexity index is 347. The van der Waals surface area contributed by atoms with Crippen LogP contribution < -0.4 is 5.73 Å². The van der Waals surface area contributed by atoms with Crippen molar-refractivity contribution < 1.29 is 4.39 Å². The Morgan fingerprint density at radius 3 is 2.92 bits per heavy atom. The lowest BCUT2D eigenvalue weighted by Gasteiger charge is -1.96. The van der Waals surface area contributed by atoms with Crippen LogP contribution in [0, 0.1) is 24.6 Å². The van der Waals surface area contributed by atoms with E-state index in [-0.39, 0.29) is 5.82 Å². The number of benzene rings is 1. The molecule has 0 aliphatic rings. The molecule has 2 N–H and O–H groups in total. The van der Waals surface area contributed by atoms with Crippen LogP contribution in [-0.2, 0) is 0 Å². The molecule has 0 spiro atoms. The average Bonchev–Trinajstić information content (AvgIpc) is 2.11. The van der Waals surface area contributed by atoms with Gasteiger partial charge in [0.2, 0.25) is 0 Å². The number of halogens is 1. The first-order chi connectivity index (χ1) is 6.24. The van der Waals surface area contributed by atoms with Gasteiger partial charge in [0.25, 0.3) is 0 Å². The summed E-state index contributed by atoms with van der Waals surface area (Å²) in [6.45, 7) is 2.45. The fraction of sp³-hybridized carbons (Fsp3) is 0.273. The van der Waals surface area contributed by atoms with E-state index in [9.17, 15) is 4.39 Å². The van der Waals surface area contributed by atoms with Crippen LogP contribution in [0.25, 0.3) is 0 Å². The molecule has 0 saturated carbocycles. The lowest BCUT2D eigenvalue weighted by Crippen LogP contribution is -1.95. The predicted octanol–water partition coefficient (Wildman–Crippen LogP) is 1.83. The average molecular weight is 177 g/mol. The Hall–Kier alpha value is -1.33. The molecule has 0 heterocycles. The molecule has 0 amide bonds. The van der Waals surface area contributed by atoms with E-state index in [0.717, 1.165) is 11.1 Å². The lowest BCUT2D eigenvalue weighted by atomic mass is 10.1. The van der Waals surface area contributed by atoms with Crippen LogP contribution in [0.4, 0.5) is 4.39 Å². The first kappa shape index (κ1) is 9.76. The van der Waals surface area contributed by atoms with Gasteiger partial charge in [0.05, 0.1) is 0 Å². The predicted molar refractivity (Wildman–Crippen MR) is 51.7 cm³/mol. The van der Waals surface area contributed by atoms with Crippen LogP contribution in [0.5, 0.6) is 0 Å². The van der Waals surface area contributed by atoms with Gasteiger partial charge in [0.1, 0.15) is 5.82 Å². The molecule has 1 aromatic rings. The van der Waals surface area contributed by atoms with Gasteiger partial charge in [0.15, 0.2) is 0 Å². The Labute approximate surface area is 77.8 Å². The summed E-state index contributed by atoms with van der Waals surface area (Å²) in [5.41, 5.74) is 7.02. The summed E-state index contributed by atoms with van der Waals surface area (Å²) in [6, 6.07) is 4.60. The molecule has 2 heteroatoms. The van der Waals surface area contributed by atoms with Crippen LogP contribution >= 0.6 is 0 Å².